The molecule has 0 saturated heterocycles. The molecule has 0 atom stereocenters. The second kappa shape index (κ2) is 8.57. The molecular formula is C16H34N2O. The average molecular weight is 270 g/mol. The Balaban J connectivity index is 3.85. The van der Waals surface area contributed by atoms with Gasteiger partial charge < -0.3 is 10.6 Å². The number of unbranched alkanes of at least 4 members (excludes halogenated alkanes) is 2. The van der Waals surface area contributed by atoms with Gasteiger partial charge in [-0.1, -0.05) is 47.0 Å². The van der Waals surface area contributed by atoms with Gasteiger partial charge in [-0.3, -0.25) is 4.79 Å². The van der Waals surface area contributed by atoms with Crippen LogP contribution >= 0.6 is 0 Å². The Labute approximate surface area is 119 Å². The minimum Gasteiger partial charge on any atom is -0.350 e. The van der Waals surface area contributed by atoms with Gasteiger partial charge in [-0.2, -0.15) is 0 Å². The van der Waals surface area contributed by atoms with E-state index in [1.54, 1.807) is 0 Å². The zero-order valence-corrected chi connectivity index (χ0v) is 13.9. The van der Waals surface area contributed by atoms with Gasteiger partial charge in [0.2, 0.25) is 5.91 Å². The van der Waals surface area contributed by atoms with Gasteiger partial charge >= 0.3 is 0 Å². The highest BCUT2D eigenvalue weighted by Gasteiger charge is 2.19. The van der Waals surface area contributed by atoms with Crippen LogP contribution in [-0.4, -0.2) is 24.5 Å². The van der Waals surface area contributed by atoms with Crippen LogP contribution < -0.4 is 10.6 Å². The number of hydrogen-bond acceptors (Lipinski definition) is 2. The van der Waals surface area contributed by atoms with E-state index >= 15 is 0 Å². The molecule has 114 valence electrons. The molecule has 19 heavy (non-hydrogen) atoms. The predicted octanol–water partition coefficient (Wildman–Crippen LogP) is 3.49. The Morgan fingerprint density at radius 2 is 1.68 bits per heavy atom. The van der Waals surface area contributed by atoms with Crippen LogP contribution in [0.4, 0.5) is 0 Å². The first-order valence-electron chi connectivity index (χ1n) is 7.74. The third-order valence-corrected chi connectivity index (χ3v) is 3.71. The van der Waals surface area contributed by atoms with E-state index in [0.717, 1.165) is 13.0 Å². The van der Waals surface area contributed by atoms with E-state index < -0.39 is 0 Å². The second-order valence-electron chi connectivity index (χ2n) is 7.01. The molecule has 0 aliphatic heterocycles. The first-order chi connectivity index (χ1) is 8.72. The second-order valence-corrected chi connectivity index (χ2v) is 7.01. The highest BCUT2D eigenvalue weighted by Crippen LogP contribution is 2.22. The van der Waals surface area contributed by atoms with E-state index in [1.807, 2.05) is 0 Å². The summed E-state index contributed by atoms with van der Waals surface area (Å²) < 4.78 is 0. The largest absolute Gasteiger partial charge is 0.350 e. The Bertz CT molecular complexity index is 259. The van der Waals surface area contributed by atoms with E-state index in [0.29, 0.717) is 6.54 Å². The molecule has 0 aliphatic carbocycles. The summed E-state index contributed by atoms with van der Waals surface area (Å²) in [5.74, 6) is 0.0937. The maximum atomic E-state index is 11.8. The number of carbonyl (C=O) groups is 1. The van der Waals surface area contributed by atoms with Crippen molar-refractivity contribution in [1.82, 2.24) is 10.6 Å². The lowest BCUT2D eigenvalue weighted by Crippen LogP contribution is -2.47. The fourth-order valence-corrected chi connectivity index (χ4v) is 1.97. The van der Waals surface area contributed by atoms with Crippen LogP contribution in [0.1, 0.15) is 73.6 Å². The number of nitrogens with one attached hydrogen (secondary N) is 2. The van der Waals surface area contributed by atoms with Gasteiger partial charge in [-0.05, 0) is 32.1 Å². The minimum atomic E-state index is -0.102. The fourth-order valence-electron chi connectivity index (χ4n) is 1.97. The van der Waals surface area contributed by atoms with Crippen LogP contribution in [0.15, 0.2) is 0 Å². The minimum absolute atomic E-state index is 0.0937. The smallest absolute Gasteiger partial charge is 0.234 e. The molecule has 0 saturated carbocycles. The van der Waals surface area contributed by atoms with Crippen LogP contribution in [0, 0.1) is 5.41 Å². The van der Waals surface area contributed by atoms with E-state index in [9.17, 15) is 4.79 Å². The molecule has 0 heterocycles. The zero-order chi connectivity index (χ0) is 14.9. The van der Waals surface area contributed by atoms with Gasteiger partial charge in [-0.25, -0.2) is 0 Å². The molecule has 0 aromatic rings. The van der Waals surface area contributed by atoms with Gasteiger partial charge in [-0.15, -0.1) is 0 Å². The van der Waals surface area contributed by atoms with Crippen LogP contribution in [-0.2, 0) is 4.79 Å². The Morgan fingerprint density at radius 1 is 1.05 bits per heavy atom. The van der Waals surface area contributed by atoms with Crippen molar-refractivity contribution < 1.29 is 4.79 Å². The number of hydrogen-bond donors (Lipinski definition) is 2. The molecule has 3 nitrogen and oxygen atoms in total. The molecule has 2 N–H and O–H groups in total. The summed E-state index contributed by atoms with van der Waals surface area (Å²) in [5.41, 5.74) is 0.172. The van der Waals surface area contributed by atoms with Crippen LogP contribution in [0.25, 0.3) is 0 Å². The number of amides is 1. The Kier molecular flexibility index (Phi) is 8.31. The van der Waals surface area contributed by atoms with Crippen LogP contribution in [0.3, 0.4) is 0 Å². The monoisotopic (exact) mass is 270 g/mol. The highest BCUT2D eigenvalue weighted by molar-refractivity contribution is 5.78. The predicted molar refractivity (Wildman–Crippen MR) is 83.3 cm³/mol. The lowest BCUT2D eigenvalue weighted by atomic mass is 9.87. The first kappa shape index (κ1) is 18.4. The molecule has 1 amide bonds. The van der Waals surface area contributed by atoms with Gasteiger partial charge in [0.15, 0.2) is 0 Å². The maximum Gasteiger partial charge on any atom is 0.234 e. The third-order valence-electron chi connectivity index (χ3n) is 3.71. The molecule has 0 spiro atoms. The van der Waals surface area contributed by atoms with E-state index in [2.05, 4.69) is 52.2 Å². The lowest BCUT2D eigenvalue weighted by molar-refractivity contribution is -0.121. The van der Waals surface area contributed by atoms with Crippen molar-refractivity contribution in [3.05, 3.63) is 0 Å². The topological polar surface area (TPSA) is 41.1 Å². The van der Waals surface area contributed by atoms with Crippen molar-refractivity contribution in [2.45, 2.75) is 79.2 Å². The SMILES string of the molecule is CCCCCC(C)(C)CNCC(=O)NC(C)(C)CC. The van der Waals surface area contributed by atoms with Crippen molar-refractivity contribution in [1.29, 1.82) is 0 Å². The molecule has 0 radical (unpaired) electrons. The van der Waals surface area contributed by atoms with Gasteiger partial charge in [0.05, 0.1) is 6.54 Å². The fraction of sp³-hybridized carbons (Fsp3) is 0.938. The lowest BCUT2D eigenvalue weighted by Gasteiger charge is -2.27. The van der Waals surface area contributed by atoms with E-state index in [1.165, 1.54) is 25.7 Å². The van der Waals surface area contributed by atoms with Gasteiger partial charge in [0.1, 0.15) is 0 Å². The molecule has 0 bridgehead atoms. The molecule has 0 aromatic heterocycles. The summed E-state index contributed by atoms with van der Waals surface area (Å²) >= 11 is 0. The maximum absolute atomic E-state index is 11.8. The number of carbonyl (C=O) groups excluding carboxylic acids is 1. The number of rotatable bonds is 10. The normalized spacial score (nSPS) is 12.5. The summed E-state index contributed by atoms with van der Waals surface area (Å²) in [6.07, 6.45) is 6.00. The summed E-state index contributed by atoms with van der Waals surface area (Å²) in [6.45, 7) is 14.3. The summed E-state index contributed by atoms with van der Waals surface area (Å²) in [5, 5.41) is 6.33. The molecule has 0 unspecified atom stereocenters. The van der Waals surface area contributed by atoms with E-state index in [-0.39, 0.29) is 16.9 Å². The van der Waals surface area contributed by atoms with Gasteiger partial charge in [0, 0.05) is 12.1 Å². The molecule has 0 rings (SSSR count). The molecule has 0 aliphatic rings. The van der Waals surface area contributed by atoms with Crippen molar-refractivity contribution in [3.63, 3.8) is 0 Å². The van der Waals surface area contributed by atoms with Crippen molar-refractivity contribution in [3.8, 4) is 0 Å². The van der Waals surface area contributed by atoms with Crippen molar-refractivity contribution in [2.24, 2.45) is 5.41 Å². The summed E-state index contributed by atoms with van der Waals surface area (Å²) in [7, 11) is 0. The van der Waals surface area contributed by atoms with Crippen molar-refractivity contribution in [2.75, 3.05) is 13.1 Å². The Morgan fingerprint density at radius 3 is 2.21 bits per heavy atom. The van der Waals surface area contributed by atoms with Gasteiger partial charge in [0.25, 0.3) is 0 Å². The highest BCUT2D eigenvalue weighted by atomic mass is 16.2. The Hall–Kier alpha value is -0.570. The first-order valence-corrected chi connectivity index (χ1v) is 7.74. The van der Waals surface area contributed by atoms with Crippen molar-refractivity contribution >= 4 is 5.91 Å². The third kappa shape index (κ3) is 9.94. The standard InChI is InChI=1S/C16H34N2O/c1-7-9-10-11-15(3,4)13-17-12-14(19)18-16(5,6)8-2/h17H,7-13H2,1-6H3,(H,18,19). The molecular weight excluding hydrogens is 236 g/mol. The quantitative estimate of drug-likeness (QED) is 0.597. The molecule has 3 heteroatoms. The zero-order valence-electron chi connectivity index (χ0n) is 13.9. The molecule has 0 fully saturated rings. The summed E-state index contributed by atoms with van der Waals surface area (Å²) in [6, 6.07) is 0. The van der Waals surface area contributed by atoms with Crippen LogP contribution in [0.2, 0.25) is 0 Å². The molecule has 0 aromatic carbocycles. The van der Waals surface area contributed by atoms with E-state index in [4.69, 9.17) is 0 Å². The average Bonchev–Trinajstić information content (AvgIpc) is 2.28. The van der Waals surface area contributed by atoms with Crippen LogP contribution in [0.5, 0.6) is 0 Å². The summed E-state index contributed by atoms with van der Waals surface area (Å²) in [4.78, 5) is 11.8.